The number of hydrogen-bond donors (Lipinski definition) is 2. The molecule has 0 saturated carbocycles. The maximum absolute atomic E-state index is 12.4. The van der Waals surface area contributed by atoms with Gasteiger partial charge in [0, 0.05) is 5.70 Å². The third-order valence-corrected chi connectivity index (χ3v) is 5.59. The Balaban J connectivity index is 1.98. The van der Waals surface area contributed by atoms with Crippen molar-refractivity contribution in [2.45, 2.75) is 33.4 Å². The van der Waals surface area contributed by atoms with Gasteiger partial charge in [-0.2, -0.15) is 0 Å². The van der Waals surface area contributed by atoms with Crippen molar-refractivity contribution in [2.75, 3.05) is 7.11 Å². The maximum Gasteiger partial charge on any atom is 0.337 e. The van der Waals surface area contributed by atoms with Crippen LogP contribution < -0.4 is 15.4 Å². The molecule has 29 heavy (non-hydrogen) atoms. The molecule has 0 aliphatic carbocycles. The van der Waals surface area contributed by atoms with E-state index in [-0.39, 0.29) is 6.03 Å². The first-order valence-corrected chi connectivity index (χ1v) is 9.95. The van der Waals surface area contributed by atoms with Crippen LogP contribution in [0.5, 0.6) is 5.75 Å². The predicted molar refractivity (Wildman–Crippen MR) is 114 cm³/mol. The van der Waals surface area contributed by atoms with Crippen molar-refractivity contribution < 1.29 is 19.1 Å². The van der Waals surface area contributed by atoms with E-state index in [4.69, 9.17) is 9.47 Å². The van der Waals surface area contributed by atoms with Crippen LogP contribution in [0.4, 0.5) is 4.79 Å². The van der Waals surface area contributed by atoms with Crippen LogP contribution in [0.2, 0.25) is 0 Å². The van der Waals surface area contributed by atoms with E-state index in [9.17, 15) is 9.59 Å². The summed E-state index contributed by atoms with van der Waals surface area (Å²) in [5.74, 6) is 0.265. The van der Waals surface area contributed by atoms with Gasteiger partial charge in [-0.15, -0.1) is 0 Å². The Morgan fingerprint density at radius 3 is 2.55 bits per heavy atom. The molecule has 7 heteroatoms. The van der Waals surface area contributed by atoms with Crippen LogP contribution in [0.1, 0.15) is 35.2 Å². The van der Waals surface area contributed by atoms with Crippen molar-refractivity contribution in [1.82, 2.24) is 10.6 Å². The highest BCUT2D eigenvalue weighted by Gasteiger charge is 2.33. The number of urea groups is 1. The lowest BCUT2D eigenvalue weighted by Gasteiger charge is -2.29. The largest absolute Gasteiger partial charge is 0.488 e. The van der Waals surface area contributed by atoms with Crippen LogP contribution in [0.3, 0.4) is 0 Å². The summed E-state index contributed by atoms with van der Waals surface area (Å²) >= 11 is 3.48. The molecule has 1 atom stereocenters. The fourth-order valence-electron chi connectivity index (χ4n) is 3.41. The first kappa shape index (κ1) is 20.9. The molecular formula is C22H23BrN2O4. The van der Waals surface area contributed by atoms with Crippen LogP contribution in [-0.4, -0.2) is 19.1 Å². The fourth-order valence-corrected chi connectivity index (χ4v) is 3.81. The Morgan fingerprint density at radius 1 is 1.14 bits per heavy atom. The Labute approximate surface area is 178 Å². The van der Waals surface area contributed by atoms with E-state index in [2.05, 4.69) is 26.6 Å². The summed E-state index contributed by atoms with van der Waals surface area (Å²) in [6.45, 7) is 6.02. The zero-order valence-corrected chi connectivity index (χ0v) is 18.3. The molecule has 2 aromatic carbocycles. The molecule has 0 aromatic heterocycles. The number of amides is 2. The molecule has 6 nitrogen and oxygen atoms in total. The second-order valence-electron chi connectivity index (χ2n) is 6.92. The van der Waals surface area contributed by atoms with Crippen molar-refractivity contribution in [3.05, 3.63) is 74.4 Å². The number of rotatable bonds is 5. The molecule has 0 saturated heterocycles. The van der Waals surface area contributed by atoms with E-state index in [1.807, 2.05) is 50.2 Å². The van der Waals surface area contributed by atoms with Crippen LogP contribution in [-0.2, 0) is 16.1 Å². The molecule has 3 rings (SSSR count). The normalized spacial score (nSPS) is 16.2. The topological polar surface area (TPSA) is 76.7 Å². The number of ether oxygens (including phenoxy) is 2. The number of para-hydroxylation sites is 1. The molecule has 0 fully saturated rings. The minimum absolute atomic E-state index is 0.355. The van der Waals surface area contributed by atoms with Gasteiger partial charge >= 0.3 is 12.0 Å². The molecule has 2 aromatic rings. The summed E-state index contributed by atoms with van der Waals surface area (Å²) < 4.78 is 11.8. The standard InChI is InChI=1S/C22H23BrN2O4/c1-12-9-13(2)16(10-15(12)11-29-18-8-6-5-7-17(18)23)20-19(21(26)28-4)14(3)24-22(27)25-20/h5-10,20H,11H2,1-4H3,(H2,24,25,27). The van der Waals surface area contributed by atoms with E-state index >= 15 is 0 Å². The molecular weight excluding hydrogens is 436 g/mol. The molecule has 0 spiro atoms. The summed E-state index contributed by atoms with van der Waals surface area (Å²) in [6.07, 6.45) is 0. The molecule has 1 unspecified atom stereocenters. The average molecular weight is 459 g/mol. The van der Waals surface area contributed by atoms with Gasteiger partial charge in [0.1, 0.15) is 12.4 Å². The van der Waals surface area contributed by atoms with Crippen molar-refractivity contribution in [2.24, 2.45) is 0 Å². The number of nitrogens with one attached hydrogen (secondary N) is 2. The number of esters is 1. The predicted octanol–water partition coefficient (Wildman–Crippen LogP) is 4.45. The SMILES string of the molecule is COC(=O)C1=C(C)NC(=O)NC1c1cc(COc2ccccc2Br)c(C)cc1C. The maximum atomic E-state index is 12.4. The second kappa shape index (κ2) is 8.69. The molecule has 0 radical (unpaired) electrons. The Morgan fingerprint density at radius 2 is 1.86 bits per heavy atom. The molecule has 152 valence electrons. The number of halogens is 1. The van der Waals surface area contributed by atoms with Gasteiger partial charge in [0.05, 0.1) is 23.2 Å². The smallest absolute Gasteiger partial charge is 0.337 e. The summed E-state index contributed by atoms with van der Waals surface area (Å²) in [7, 11) is 1.33. The molecule has 1 aliphatic rings. The highest BCUT2D eigenvalue weighted by Crippen LogP contribution is 2.32. The number of methoxy groups -OCH3 is 1. The van der Waals surface area contributed by atoms with E-state index in [0.717, 1.165) is 32.5 Å². The van der Waals surface area contributed by atoms with Crippen LogP contribution in [0, 0.1) is 13.8 Å². The van der Waals surface area contributed by atoms with Gasteiger partial charge in [-0.1, -0.05) is 18.2 Å². The first-order chi connectivity index (χ1) is 13.8. The zero-order chi connectivity index (χ0) is 21.1. The highest BCUT2D eigenvalue weighted by atomic mass is 79.9. The zero-order valence-electron chi connectivity index (χ0n) is 16.8. The van der Waals surface area contributed by atoms with Crippen molar-refractivity contribution in [3.63, 3.8) is 0 Å². The van der Waals surface area contributed by atoms with Gasteiger partial charge in [-0.05, 0) is 77.2 Å². The molecule has 1 aliphatic heterocycles. The van der Waals surface area contributed by atoms with Crippen molar-refractivity contribution in [1.29, 1.82) is 0 Å². The first-order valence-electron chi connectivity index (χ1n) is 9.15. The lowest BCUT2D eigenvalue weighted by atomic mass is 9.89. The molecule has 1 heterocycles. The second-order valence-corrected chi connectivity index (χ2v) is 7.77. The van der Waals surface area contributed by atoms with E-state index in [0.29, 0.717) is 17.9 Å². The quantitative estimate of drug-likeness (QED) is 0.648. The van der Waals surface area contributed by atoms with E-state index in [1.165, 1.54) is 7.11 Å². The van der Waals surface area contributed by atoms with Gasteiger partial charge in [0.2, 0.25) is 0 Å². The third-order valence-electron chi connectivity index (χ3n) is 4.93. The van der Waals surface area contributed by atoms with Gasteiger partial charge in [0.25, 0.3) is 0 Å². The number of carbonyl (C=O) groups is 2. The van der Waals surface area contributed by atoms with Crippen molar-refractivity contribution >= 4 is 27.9 Å². The van der Waals surface area contributed by atoms with Gasteiger partial charge in [-0.25, -0.2) is 9.59 Å². The fraction of sp³-hybridized carbons (Fsp3) is 0.273. The number of hydrogen-bond acceptors (Lipinski definition) is 4. The third kappa shape index (κ3) is 4.45. The van der Waals surface area contributed by atoms with Crippen LogP contribution >= 0.6 is 15.9 Å². The van der Waals surface area contributed by atoms with Crippen molar-refractivity contribution in [3.8, 4) is 5.75 Å². The van der Waals surface area contributed by atoms with Crippen LogP contribution in [0.15, 0.2) is 52.1 Å². The lowest BCUT2D eigenvalue weighted by molar-refractivity contribution is -0.136. The van der Waals surface area contributed by atoms with Gasteiger partial charge in [0.15, 0.2) is 0 Å². The number of aryl methyl sites for hydroxylation is 2. The summed E-state index contributed by atoms with van der Waals surface area (Å²) in [5, 5.41) is 5.48. The minimum atomic E-state index is -0.598. The Hall–Kier alpha value is -2.80. The summed E-state index contributed by atoms with van der Waals surface area (Å²) in [4.78, 5) is 24.5. The summed E-state index contributed by atoms with van der Waals surface area (Å²) in [5.41, 5.74) is 4.70. The monoisotopic (exact) mass is 458 g/mol. The number of allylic oxidation sites excluding steroid dienone is 1. The Kier molecular flexibility index (Phi) is 6.27. The van der Waals surface area contributed by atoms with E-state index < -0.39 is 12.0 Å². The molecule has 0 bridgehead atoms. The van der Waals surface area contributed by atoms with E-state index in [1.54, 1.807) is 6.92 Å². The minimum Gasteiger partial charge on any atom is -0.488 e. The molecule has 2 amide bonds. The average Bonchev–Trinajstić information content (AvgIpc) is 2.67. The number of carbonyl (C=O) groups excluding carboxylic acids is 2. The highest BCUT2D eigenvalue weighted by molar-refractivity contribution is 9.10. The molecule has 2 N–H and O–H groups in total. The summed E-state index contributed by atoms with van der Waals surface area (Å²) in [6, 6.07) is 10.7. The Bertz CT molecular complexity index is 1000. The lowest BCUT2D eigenvalue weighted by Crippen LogP contribution is -2.45. The van der Waals surface area contributed by atoms with Gasteiger partial charge < -0.3 is 20.1 Å². The van der Waals surface area contributed by atoms with Crippen LogP contribution in [0.25, 0.3) is 0 Å². The van der Waals surface area contributed by atoms with Gasteiger partial charge in [-0.3, -0.25) is 0 Å². The number of benzene rings is 2.